The molecule has 0 aliphatic rings. The van der Waals surface area contributed by atoms with Crippen molar-refractivity contribution in [2.24, 2.45) is 10.7 Å². The normalized spacial score (nSPS) is 11.0. The Morgan fingerprint density at radius 3 is 2.73 bits per heavy atom. The van der Waals surface area contributed by atoms with Crippen LogP contribution in [0.25, 0.3) is 0 Å². The summed E-state index contributed by atoms with van der Waals surface area (Å²) < 4.78 is 12.7. The van der Waals surface area contributed by atoms with Gasteiger partial charge < -0.3 is 11.1 Å². The number of benzene rings is 1. The van der Waals surface area contributed by atoms with Crippen LogP contribution in [-0.2, 0) is 6.42 Å². The summed E-state index contributed by atoms with van der Waals surface area (Å²) in [5.74, 6) is 1.12. The molecule has 1 heterocycles. The predicted molar refractivity (Wildman–Crippen MR) is 105 cm³/mol. The molecular weight excluding hydrogens is 432 g/mol. The second-order valence-corrected chi connectivity index (χ2v) is 6.53. The van der Waals surface area contributed by atoms with Crippen LogP contribution in [0.15, 0.2) is 51.7 Å². The highest BCUT2D eigenvalue weighted by Crippen LogP contribution is 2.17. The molecule has 0 spiro atoms. The van der Waals surface area contributed by atoms with Gasteiger partial charge in [-0.3, -0.25) is 4.99 Å². The van der Waals surface area contributed by atoms with Crippen molar-refractivity contribution < 1.29 is 4.39 Å². The Morgan fingerprint density at radius 1 is 1.27 bits per heavy atom. The highest BCUT2D eigenvalue weighted by molar-refractivity contribution is 14.0. The number of hydrogen-bond donors (Lipinski definition) is 2. The molecule has 0 radical (unpaired) electrons. The molecule has 120 valence electrons. The molecule has 1 aromatic heterocycles. The zero-order chi connectivity index (χ0) is 14.9. The van der Waals surface area contributed by atoms with Crippen molar-refractivity contribution in [3.63, 3.8) is 0 Å². The number of thioether (sulfide) groups is 1. The summed E-state index contributed by atoms with van der Waals surface area (Å²) in [4.78, 5) is 6.65. The molecule has 0 bridgehead atoms. The third-order valence-corrected chi connectivity index (χ3v) is 4.66. The van der Waals surface area contributed by atoms with Gasteiger partial charge in [-0.05, 0) is 35.7 Å². The summed E-state index contributed by atoms with van der Waals surface area (Å²) in [5, 5.41) is 5.14. The Hall–Kier alpha value is -0.800. The lowest BCUT2D eigenvalue weighted by atomic mass is 10.3. The van der Waals surface area contributed by atoms with E-state index < -0.39 is 0 Å². The SMILES string of the molecule is I.NC(=NCCc1cccs1)NCCSc1ccc(F)cc1. The topological polar surface area (TPSA) is 50.4 Å². The zero-order valence-corrected chi connectivity index (χ0v) is 16.0. The Kier molecular flexibility index (Phi) is 9.49. The molecule has 0 fully saturated rings. The molecule has 2 aromatic rings. The molecule has 3 N–H and O–H groups in total. The van der Waals surface area contributed by atoms with Crippen LogP contribution < -0.4 is 11.1 Å². The molecule has 1 aromatic carbocycles. The van der Waals surface area contributed by atoms with Gasteiger partial charge in [0.2, 0.25) is 0 Å². The van der Waals surface area contributed by atoms with Gasteiger partial charge in [-0.15, -0.1) is 47.1 Å². The van der Waals surface area contributed by atoms with E-state index >= 15 is 0 Å². The first-order valence-corrected chi connectivity index (χ1v) is 8.55. The summed E-state index contributed by atoms with van der Waals surface area (Å²) in [7, 11) is 0. The van der Waals surface area contributed by atoms with Gasteiger partial charge in [0.1, 0.15) is 5.82 Å². The quantitative estimate of drug-likeness (QED) is 0.222. The van der Waals surface area contributed by atoms with E-state index in [-0.39, 0.29) is 29.8 Å². The van der Waals surface area contributed by atoms with Crippen LogP contribution in [0.2, 0.25) is 0 Å². The van der Waals surface area contributed by atoms with E-state index in [0.29, 0.717) is 12.5 Å². The van der Waals surface area contributed by atoms with Gasteiger partial charge in [-0.1, -0.05) is 6.07 Å². The lowest BCUT2D eigenvalue weighted by molar-refractivity contribution is 0.626. The Bertz CT molecular complexity index is 559. The van der Waals surface area contributed by atoms with Crippen molar-refractivity contribution in [3.05, 3.63) is 52.5 Å². The maximum Gasteiger partial charge on any atom is 0.188 e. The third-order valence-electron chi connectivity index (χ3n) is 2.71. The van der Waals surface area contributed by atoms with Crippen molar-refractivity contribution in [1.29, 1.82) is 0 Å². The number of halogens is 2. The van der Waals surface area contributed by atoms with Gasteiger partial charge in [0, 0.05) is 35.0 Å². The van der Waals surface area contributed by atoms with Crippen molar-refractivity contribution in [1.82, 2.24) is 5.32 Å². The monoisotopic (exact) mass is 451 g/mol. The van der Waals surface area contributed by atoms with Crippen molar-refractivity contribution >= 4 is 53.0 Å². The average Bonchev–Trinajstić information content (AvgIpc) is 2.99. The van der Waals surface area contributed by atoms with Crippen LogP contribution in [0, 0.1) is 5.82 Å². The van der Waals surface area contributed by atoms with Gasteiger partial charge in [0.15, 0.2) is 5.96 Å². The van der Waals surface area contributed by atoms with Gasteiger partial charge in [0.25, 0.3) is 0 Å². The summed E-state index contributed by atoms with van der Waals surface area (Å²) in [5.41, 5.74) is 5.80. The zero-order valence-electron chi connectivity index (χ0n) is 12.0. The van der Waals surface area contributed by atoms with Crippen LogP contribution in [0.4, 0.5) is 4.39 Å². The highest BCUT2D eigenvalue weighted by atomic mass is 127. The molecule has 0 unspecified atom stereocenters. The molecule has 2 rings (SSSR count). The molecular formula is C15H19FIN3S2. The molecule has 0 aliphatic carbocycles. The molecule has 3 nitrogen and oxygen atoms in total. The molecule has 0 aliphatic heterocycles. The van der Waals surface area contributed by atoms with E-state index in [2.05, 4.69) is 21.8 Å². The van der Waals surface area contributed by atoms with Crippen molar-refractivity contribution in [3.8, 4) is 0 Å². The highest BCUT2D eigenvalue weighted by Gasteiger charge is 1.97. The fourth-order valence-electron chi connectivity index (χ4n) is 1.68. The summed E-state index contributed by atoms with van der Waals surface area (Å²) in [6, 6.07) is 10.6. The predicted octanol–water partition coefficient (Wildman–Crippen LogP) is 3.74. The number of nitrogens with zero attached hydrogens (tertiary/aromatic N) is 1. The minimum atomic E-state index is -0.209. The van der Waals surface area contributed by atoms with Crippen LogP contribution >= 0.6 is 47.1 Å². The van der Waals surface area contributed by atoms with E-state index in [4.69, 9.17) is 5.73 Å². The van der Waals surface area contributed by atoms with Gasteiger partial charge in [-0.25, -0.2) is 4.39 Å². The summed E-state index contributed by atoms with van der Waals surface area (Å²) in [6.45, 7) is 1.43. The van der Waals surface area contributed by atoms with E-state index in [0.717, 1.165) is 23.6 Å². The van der Waals surface area contributed by atoms with Crippen molar-refractivity contribution in [2.75, 3.05) is 18.8 Å². The number of nitrogens with two attached hydrogens (primary N) is 1. The van der Waals surface area contributed by atoms with Crippen LogP contribution in [0.3, 0.4) is 0 Å². The molecule has 0 amide bonds. The molecule has 0 atom stereocenters. The van der Waals surface area contributed by atoms with Crippen LogP contribution in [0.5, 0.6) is 0 Å². The van der Waals surface area contributed by atoms with E-state index in [1.807, 2.05) is 6.07 Å². The first kappa shape index (κ1) is 19.2. The van der Waals surface area contributed by atoms with Gasteiger partial charge in [0.05, 0.1) is 0 Å². The minimum absolute atomic E-state index is 0. The number of guanidine groups is 1. The molecule has 0 saturated heterocycles. The third kappa shape index (κ3) is 7.46. The standard InChI is InChI=1S/C15H18FN3S2.HI/c16-12-3-5-14(6-4-12)21-11-9-19-15(17)18-8-7-13-2-1-10-20-13;/h1-6,10H,7-9,11H2,(H3,17,18,19);1H. The lowest BCUT2D eigenvalue weighted by Gasteiger charge is -2.05. The van der Waals surface area contributed by atoms with Crippen LogP contribution in [0.1, 0.15) is 4.88 Å². The summed E-state index contributed by atoms with van der Waals surface area (Å²) >= 11 is 3.39. The maximum atomic E-state index is 12.7. The van der Waals surface area contributed by atoms with E-state index in [1.54, 1.807) is 35.2 Å². The second kappa shape index (κ2) is 10.8. The smallest absolute Gasteiger partial charge is 0.188 e. The second-order valence-electron chi connectivity index (χ2n) is 4.33. The van der Waals surface area contributed by atoms with Gasteiger partial charge in [-0.2, -0.15) is 0 Å². The molecule has 22 heavy (non-hydrogen) atoms. The Balaban J connectivity index is 0.00000242. The summed E-state index contributed by atoms with van der Waals surface area (Å²) in [6.07, 6.45) is 0.921. The average molecular weight is 451 g/mol. The molecule has 0 saturated carbocycles. The first-order valence-electron chi connectivity index (χ1n) is 6.68. The number of rotatable bonds is 7. The number of hydrogen-bond acceptors (Lipinski definition) is 3. The Morgan fingerprint density at radius 2 is 2.05 bits per heavy atom. The van der Waals surface area contributed by atoms with E-state index in [1.165, 1.54) is 17.0 Å². The number of nitrogens with one attached hydrogen (secondary N) is 1. The number of thiophene rings is 1. The number of aliphatic imine (C=N–C) groups is 1. The maximum absolute atomic E-state index is 12.7. The minimum Gasteiger partial charge on any atom is -0.370 e. The largest absolute Gasteiger partial charge is 0.370 e. The van der Waals surface area contributed by atoms with Crippen molar-refractivity contribution in [2.45, 2.75) is 11.3 Å². The van der Waals surface area contributed by atoms with E-state index in [9.17, 15) is 4.39 Å². The fourth-order valence-corrected chi connectivity index (χ4v) is 3.14. The van der Waals surface area contributed by atoms with Crippen LogP contribution in [-0.4, -0.2) is 24.8 Å². The lowest BCUT2D eigenvalue weighted by Crippen LogP contribution is -2.33. The first-order chi connectivity index (χ1) is 10.2. The van der Waals surface area contributed by atoms with Gasteiger partial charge >= 0.3 is 0 Å². The molecule has 7 heteroatoms. The fraction of sp³-hybridized carbons (Fsp3) is 0.267. The Labute approximate surface area is 155 Å².